The van der Waals surface area contributed by atoms with Gasteiger partial charge in [-0.2, -0.15) is 0 Å². The minimum Gasteiger partial charge on any atom is -0.319 e. The van der Waals surface area contributed by atoms with Gasteiger partial charge in [-0.3, -0.25) is 0 Å². The Hall–Kier alpha value is -2.39. The Kier molecular flexibility index (Phi) is 4.65. The molecule has 0 aliphatic rings. The monoisotopic (exact) mass is 418 g/mol. The standard InChI is InChI=1S/C24H23BrN2/c1-15-13-16(2)18(4)21(17(15)3)14-27-23-8-6-5-7-22(23)26-24(27)19-9-11-20(25)12-10-19/h5-13H,14H2,1-4H3. The van der Waals surface area contributed by atoms with Crippen LogP contribution in [0.15, 0.2) is 59.1 Å². The van der Waals surface area contributed by atoms with Crippen LogP contribution in [0.5, 0.6) is 0 Å². The van der Waals surface area contributed by atoms with Crippen LogP contribution in [0, 0.1) is 27.7 Å². The predicted molar refractivity (Wildman–Crippen MR) is 117 cm³/mol. The highest BCUT2D eigenvalue weighted by Gasteiger charge is 2.16. The molecule has 0 saturated heterocycles. The maximum atomic E-state index is 4.96. The van der Waals surface area contributed by atoms with Gasteiger partial charge in [0, 0.05) is 10.0 Å². The molecule has 4 aromatic rings. The van der Waals surface area contributed by atoms with Gasteiger partial charge in [0.2, 0.25) is 0 Å². The highest BCUT2D eigenvalue weighted by molar-refractivity contribution is 9.10. The van der Waals surface area contributed by atoms with Gasteiger partial charge in [-0.1, -0.05) is 46.3 Å². The lowest BCUT2D eigenvalue weighted by molar-refractivity contribution is 0.818. The van der Waals surface area contributed by atoms with Crippen LogP contribution in [0.25, 0.3) is 22.4 Å². The van der Waals surface area contributed by atoms with Crippen molar-refractivity contribution >= 4 is 27.0 Å². The molecular formula is C24H23BrN2. The van der Waals surface area contributed by atoms with E-state index in [0.29, 0.717) is 0 Å². The number of benzene rings is 3. The number of rotatable bonds is 3. The minimum absolute atomic E-state index is 0.825. The van der Waals surface area contributed by atoms with Crippen molar-refractivity contribution in [1.29, 1.82) is 0 Å². The quantitative estimate of drug-likeness (QED) is 0.359. The number of hydrogen-bond acceptors (Lipinski definition) is 1. The Morgan fingerprint density at radius 1 is 0.852 bits per heavy atom. The Morgan fingerprint density at radius 2 is 1.48 bits per heavy atom. The summed E-state index contributed by atoms with van der Waals surface area (Å²) in [6.45, 7) is 9.69. The number of nitrogens with zero attached hydrogens (tertiary/aromatic N) is 2. The summed E-state index contributed by atoms with van der Waals surface area (Å²) in [5, 5.41) is 0. The van der Waals surface area contributed by atoms with Gasteiger partial charge < -0.3 is 4.57 Å². The van der Waals surface area contributed by atoms with Crippen LogP contribution in [0.4, 0.5) is 0 Å². The van der Waals surface area contributed by atoms with Crippen LogP contribution >= 0.6 is 15.9 Å². The van der Waals surface area contributed by atoms with Crippen molar-refractivity contribution in [3.63, 3.8) is 0 Å². The topological polar surface area (TPSA) is 17.8 Å². The number of imidazole rings is 1. The molecule has 3 aromatic carbocycles. The molecule has 0 atom stereocenters. The summed E-state index contributed by atoms with van der Waals surface area (Å²) in [5.41, 5.74) is 10.2. The van der Waals surface area contributed by atoms with Crippen LogP contribution in [0.2, 0.25) is 0 Å². The summed E-state index contributed by atoms with van der Waals surface area (Å²) >= 11 is 3.53. The highest BCUT2D eigenvalue weighted by Crippen LogP contribution is 2.29. The van der Waals surface area contributed by atoms with Crippen LogP contribution in [-0.2, 0) is 6.54 Å². The van der Waals surface area contributed by atoms with Gasteiger partial charge in [0.05, 0.1) is 17.6 Å². The highest BCUT2D eigenvalue weighted by atomic mass is 79.9. The van der Waals surface area contributed by atoms with Crippen molar-refractivity contribution in [3.8, 4) is 11.4 Å². The van der Waals surface area contributed by atoms with E-state index in [2.05, 4.69) is 103 Å². The van der Waals surface area contributed by atoms with E-state index in [1.807, 2.05) is 0 Å². The van der Waals surface area contributed by atoms with Gasteiger partial charge in [0.25, 0.3) is 0 Å². The molecule has 27 heavy (non-hydrogen) atoms. The van der Waals surface area contributed by atoms with Crippen LogP contribution in [-0.4, -0.2) is 9.55 Å². The molecule has 0 aliphatic heterocycles. The summed E-state index contributed by atoms with van der Waals surface area (Å²) in [6.07, 6.45) is 0. The predicted octanol–water partition coefficient (Wildman–Crippen LogP) is 6.75. The van der Waals surface area contributed by atoms with E-state index in [-0.39, 0.29) is 0 Å². The number of aryl methyl sites for hydroxylation is 2. The third kappa shape index (κ3) is 3.21. The number of aromatic nitrogens is 2. The van der Waals surface area contributed by atoms with Gasteiger partial charge >= 0.3 is 0 Å². The van der Waals surface area contributed by atoms with E-state index < -0.39 is 0 Å². The molecule has 0 fully saturated rings. The van der Waals surface area contributed by atoms with Gasteiger partial charge in [0.1, 0.15) is 5.82 Å². The Balaban J connectivity index is 1.94. The normalized spacial score (nSPS) is 11.3. The molecule has 3 heteroatoms. The van der Waals surface area contributed by atoms with E-state index in [1.54, 1.807) is 0 Å². The average Bonchev–Trinajstić information content (AvgIpc) is 3.03. The first-order chi connectivity index (χ1) is 13.0. The van der Waals surface area contributed by atoms with Gasteiger partial charge in [-0.15, -0.1) is 0 Å². The van der Waals surface area contributed by atoms with E-state index in [1.165, 1.54) is 33.3 Å². The fourth-order valence-corrected chi connectivity index (χ4v) is 4.01. The summed E-state index contributed by atoms with van der Waals surface area (Å²) < 4.78 is 3.43. The molecule has 0 amide bonds. The smallest absolute Gasteiger partial charge is 0.141 e. The fourth-order valence-electron chi connectivity index (χ4n) is 3.75. The van der Waals surface area contributed by atoms with Crippen LogP contribution < -0.4 is 0 Å². The third-order valence-corrected chi connectivity index (χ3v) is 6.12. The Morgan fingerprint density at radius 3 is 2.15 bits per heavy atom. The molecule has 0 bridgehead atoms. The summed E-state index contributed by atoms with van der Waals surface area (Å²) in [5.74, 6) is 1.02. The second-order valence-corrected chi connectivity index (χ2v) is 8.17. The Bertz CT molecular complexity index is 1110. The summed E-state index contributed by atoms with van der Waals surface area (Å²) in [6, 6.07) is 19.1. The molecule has 1 aromatic heterocycles. The lowest BCUT2D eigenvalue weighted by atomic mass is 9.94. The van der Waals surface area contributed by atoms with Crippen molar-refractivity contribution < 1.29 is 0 Å². The first-order valence-corrected chi connectivity index (χ1v) is 10.0. The third-order valence-electron chi connectivity index (χ3n) is 5.59. The first kappa shape index (κ1) is 18.0. The molecule has 4 rings (SSSR count). The number of para-hydroxylation sites is 2. The lowest BCUT2D eigenvalue weighted by Gasteiger charge is -2.18. The molecule has 0 radical (unpaired) electrons. The average molecular weight is 419 g/mol. The summed E-state index contributed by atoms with van der Waals surface area (Å²) in [4.78, 5) is 4.96. The van der Waals surface area contributed by atoms with Crippen molar-refractivity contribution in [2.75, 3.05) is 0 Å². The zero-order valence-corrected chi connectivity index (χ0v) is 17.8. The van der Waals surface area contributed by atoms with Gasteiger partial charge in [-0.25, -0.2) is 4.98 Å². The largest absolute Gasteiger partial charge is 0.319 e. The van der Waals surface area contributed by atoms with E-state index >= 15 is 0 Å². The summed E-state index contributed by atoms with van der Waals surface area (Å²) in [7, 11) is 0. The molecule has 136 valence electrons. The first-order valence-electron chi connectivity index (χ1n) is 9.23. The minimum atomic E-state index is 0.825. The molecule has 2 nitrogen and oxygen atoms in total. The second kappa shape index (κ2) is 6.97. The van der Waals surface area contributed by atoms with Crippen molar-refractivity contribution in [2.24, 2.45) is 0 Å². The van der Waals surface area contributed by atoms with Crippen molar-refractivity contribution in [2.45, 2.75) is 34.2 Å². The van der Waals surface area contributed by atoms with E-state index in [9.17, 15) is 0 Å². The van der Waals surface area contributed by atoms with Crippen LogP contribution in [0.3, 0.4) is 0 Å². The molecule has 0 saturated carbocycles. The SMILES string of the molecule is Cc1cc(C)c(C)c(Cn2c(-c3ccc(Br)cc3)nc3ccccc32)c1C. The van der Waals surface area contributed by atoms with E-state index in [4.69, 9.17) is 4.98 Å². The molecule has 0 unspecified atom stereocenters. The fraction of sp³-hybridized carbons (Fsp3) is 0.208. The molecule has 0 spiro atoms. The molecule has 1 heterocycles. The second-order valence-electron chi connectivity index (χ2n) is 7.26. The van der Waals surface area contributed by atoms with E-state index in [0.717, 1.165) is 27.9 Å². The molecular weight excluding hydrogens is 396 g/mol. The molecule has 0 aliphatic carbocycles. The number of hydrogen-bond donors (Lipinski definition) is 0. The number of fused-ring (bicyclic) bond motifs is 1. The zero-order chi connectivity index (χ0) is 19.1. The maximum absolute atomic E-state index is 4.96. The maximum Gasteiger partial charge on any atom is 0.141 e. The Labute approximate surface area is 169 Å². The number of halogens is 1. The van der Waals surface area contributed by atoms with Crippen molar-refractivity contribution in [3.05, 3.63) is 86.9 Å². The van der Waals surface area contributed by atoms with Gasteiger partial charge in [-0.05, 0) is 79.8 Å². The van der Waals surface area contributed by atoms with Crippen LogP contribution in [0.1, 0.15) is 27.8 Å². The zero-order valence-electron chi connectivity index (χ0n) is 16.2. The van der Waals surface area contributed by atoms with Crippen molar-refractivity contribution in [1.82, 2.24) is 9.55 Å². The lowest BCUT2D eigenvalue weighted by Crippen LogP contribution is -2.07. The van der Waals surface area contributed by atoms with Gasteiger partial charge in [0.15, 0.2) is 0 Å². The molecule has 0 N–H and O–H groups in total.